The minimum Gasteiger partial charge on any atom is -0.465 e. The summed E-state index contributed by atoms with van der Waals surface area (Å²) in [7, 11) is 1.31. The molecular formula is C15H15N3O2. The van der Waals surface area contributed by atoms with Gasteiger partial charge in [0.2, 0.25) is 0 Å². The van der Waals surface area contributed by atoms with Crippen molar-refractivity contribution in [3.63, 3.8) is 0 Å². The van der Waals surface area contributed by atoms with Gasteiger partial charge in [0.05, 0.1) is 12.7 Å². The minimum atomic E-state index is -0.459. The van der Waals surface area contributed by atoms with Crippen LogP contribution in [0.15, 0.2) is 42.5 Å². The van der Waals surface area contributed by atoms with Gasteiger partial charge in [0.25, 0.3) is 0 Å². The van der Waals surface area contributed by atoms with Crippen molar-refractivity contribution >= 4 is 17.5 Å². The Hall–Kier alpha value is -2.82. The predicted molar refractivity (Wildman–Crippen MR) is 78.6 cm³/mol. The second kappa shape index (κ2) is 5.44. The van der Waals surface area contributed by atoms with Gasteiger partial charge in [0, 0.05) is 11.3 Å². The van der Waals surface area contributed by atoms with Gasteiger partial charge in [-0.1, -0.05) is 24.3 Å². The predicted octanol–water partition coefficient (Wildman–Crippen LogP) is 2.01. The van der Waals surface area contributed by atoms with E-state index in [1.165, 1.54) is 7.11 Å². The number of rotatable bonds is 3. The molecule has 0 heterocycles. The lowest BCUT2D eigenvalue weighted by atomic mass is 9.97. The zero-order valence-electron chi connectivity index (χ0n) is 11.0. The van der Waals surface area contributed by atoms with E-state index in [0.717, 1.165) is 11.1 Å². The highest BCUT2D eigenvalue weighted by molar-refractivity contribution is 6.02. The molecule has 0 bridgehead atoms. The first kappa shape index (κ1) is 13.6. The van der Waals surface area contributed by atoms with Crippen molar-refractivity contribution in [2.24, 2.45) is 5.73 Å². The molecule has 0 radical (unpaired) electrons. The fourth-order valence-corrected chi connectivity index (χ4v) is 2.01. The molecule has 5 nitrogen and oxygen atoms in total. The summed E-state index contributed by atoms with van der Waals surface area (Å²) in [6.45, 7) is 0. The van der Waals surface area contributed by atoms with Crippen molar-refractivity contribution < 1.29 is 9.53 Å². The van der Waals surface area contributed by atoms with Crippen molar-refractivity contribution in [2.75, 3.05) is 12.8 Å². The normalized spacial score (nSPS) is 10.1. The van der Waals surface area contributed by atoms with Crippen LogP contribution in [0.4, 0.5) is 5.69 Å². The summed E-state index contributed by atoms with van der Waals surface area (Å²) in [5, 5.41) is 7.61. The highest BCUT2D eigenvalue weighted by Crippen LogP contribution is 2.27. The molecular weight excluding hydrogens is 254 g/mol. The number of nitrogens with one attached hydrogen (secondary N) is 1. The SMILES string of the molecule is COC(=O)c1cc(N)cc(-c2ccccc2C(=N)N)c1. The van der Waals surface area contributed by atoms with Gasteiger partial charge >= 0.3 is 5.97 Å². The summed E-state index contributed by atoms with van der Waals surface area (Å²) < 4.78 is 4.70. The number of hydrogen-bond donors (Lipinski definition) is 3. The number of amidine groups is 1. The Labute approximate surface area is 116 Å². The standard InChI is InChI=1S/C15H15N3O2/c1-20-15(19)10-6-9(7-11(16)8-10)12-4-2-3-5-13(12)14(17)18/h2-8H,16H2,1H3,(H3,17,18). The van der Waals surface area contributed by atoms with Crippen LogP contribution < -0.4 is 11.5 Å². The van der Waals surface area contributed by atoms with E-state index in [2.05, 4.69) is 0 Å². The number of benzene rings is 2. The summed E-state index contributed by atoms with van der Waals surface area (Å²) in [5.41, 5.74) is 14.3. The summed E-state index contributed by atoms with van der Waals surface area (Å²) in [6.07, 6.45) is 0. The van der Waals surface area contributed by atoms with E-state index in [9.17, 15) is 4.79 Å². The lowest BCUT2D eigenvalue weighted by Gasteiger charge is -2.10. The van der Waals surface area contributed by atoms with E-state index in [0.29, 0.717) is 16.8 Å². The van der Waals surface area contributed by atoms with Gasteiger partial charge in [-0.15, -0.1) is 0 Å². The molecule has 5 N–H and O–H groups in total. The van der Waals surface area contributed by atoms with Crippen LogP contribution in [0.25, 0.3) is 11.1 Å². The van der Waals surface area contributed by atoms with Crippen LogP contribution in [0.5, 0.6) is 0 Å². The molecule has 20 heavy (non-hydrogen) atoms. The van der Waals surface area contributed by atoms with E-state index >= 15 is 0 Å². The van der Waals surface area contributed by atoms with Crippen LogP contribution in [0.2, 0.25) is 0 Å². The number of nitrogen functional groups attached to an aromatic ring is 2. The van der Waals surface area contributed by atoms with Crippen LogP contribution in [0.3, 0.4) is 0 Å². The summed E-state index contributed by atoms with van der Waals surface area (Å²) >= 11 is 0. The van der Waals surface area contributed by atoms with Gasteiger partial charge in [-0.05, 0) is 29.3 Å². The highest BCUT2D eigenvalue weighted by atomic mass is 16.5. The Balaban J connectivity index is 2.61. The fraction of sp³-hybridized carbons (Fsp3) is 0.0667. The average Bonchev–Trinajstić information content (AvgIpc) is 2.45. The number of carbonyl (C=O) groups is 1. The topological polar surface area (TPSA) is 102 Å². The summed E-state index contributed by atoms with van der Waals surface area (Å²) in [6, 6.07) is 12.2. The second-order valence-corrected chi connectivity index (χ2v) is 4.29. The van der Waals surface area contributed by atoms with Crippen LogP contribution in [-0.4, -0.2) is 18.9 Å². The third-order valence-electron chi connectivity index (χ3n) is 2.90. The first-order valence-corrected chi connectivity index (χ1v) is 5.95. The van der Waals surface area contributed by atoms with Crippen molar-refractivity contribution in [3.05, 3.63) is 53.6 Å². The number of methoxy groups -OCH3 is 1. The molecule has 5 heteroatoms. The molecule has 102 valence electrons. The van der Waals surface area contributed by atoms with Gasteiger partial charge in [-0.2, -0.15) is 0 Å². The van der Waals surface area contributed by atoms with Crippen LogP contribution in [-0.2, 0) is 4.74 Å². The molecule has 2 aromatic carbocycles. The molecule has 0 aliphatic rings. The van der Waals surface area contributed by atoms with Crippen LogP contribution >= 0.6 is 0 Å². The number of nitrogens with two attached hydrogens (primary N) is 2. The first-order chi connectivity index (χ1) is 9.52. The Bertz CT molecular complexity index is 681. The number of esters is 1. The molecule has 0 aliphatic heterocycles. The molecule has 0 aliphatic carbocycles. The number of anilines is 1. The van der Waals surface area contributed by atoms with E-state index in [1.54, 1.807) is 30.3 Å². The molecule has 0 spiro atoms. The third-order valence-corrected chi connectivity index (χ3v) is 2.90. The summed E-state index contributed by atoms with van der Waals surface area (Å²) in [4.78, 5) is 11.6. The van der Waals surface area contributed by atoms with Crippen LogP contribution in [0, 0.1) is 5.41 Å². The lowest BCUT2D eigenvalue weighted by molar-refractivity contribution is 0.0601. The Morgan fingerprint density at radius 3 is 2.55 bits per heavy atom. The molecule has 0 unspecified atom stereocenters. The maximum absolute atomic E-state index is 11.6. The highest BCUT2D eigenvalue weighted by Gasteiger charge is 2.12. The van der Waals surface area contributed by atoms with Crippen LogP contribution in [0.1, 0.15) is 15.9 Å². The Morgan fingerprint density at radius 2 is 1.90 bits per heavy atom. The smallest absolute Gasteiger partial charge is 0.337 e. The molecule has 2 rings (SSSR count). The Morgan fingerprint density at radius 1 is 1.20 bits per heavy atom. The van der Waals surface area contributed by atoms with Gasteiger partial charge in [0.1, 0.15) is 5.84 Å². The average molecular weight is 269 g/mol. The van der Waals surface area contributed by atoms with E-state index in [1.807, 2.05) is 12.1 Å². The van der Waals surface area contributed by atoms with Gasteiger partial charge in [0.15, 0.2) is 0 Å². The maximum atomic E-state index is 11.6. The fourth-order valence-electron chi connectivity index (χ4n) is 2.01. The van der Waals surface area contributed by atoms with Gasteiger partial charge in [-0.3, -0.25) is 5.41 Å². The molecule has 0 atom stereocenters. The molecule has 0 amide bonds. The van der Waals surface area contributed by atoms with Crippen molar-refractivity contribution in [2.45, 2.75) is 0 Å². The van der Waals surface area contributed by atoms with Gasteiger partial charge < -0.3 is 16.2 Å². The maximum Gasteiger partial charge on any atom is 0.337 e. The minimum absolute atomic E-state index is 0.0392. The molecule has 2 aromatic rings. The summed E-state index contributed by atoms with van der Waals surface area (Å²) in [5.74, 6) is -0.499. The monoisotopic (exact) mass is 269 g/mol. The van der Waals surface area contributed by atoms with Gasteiger partial charge in [-0.25, -0.2) is 4.79 Å². The van der Waals surface area contributed by atoms with Crippen molar-refractivity contribution in [3.8, 4) is 11.1 Å². The van der Waals surface area contributed by atoms with E-state index in [4.69, 9.17) is 21.6 Å². The molecule has 0 saturated heterocycles. The molecule has 0 fully saturated rings. The zero-order chi connectivity index (χ0) is 14.7. The Kier molecular flexibility index (Phi) is 3.70. The first-order valence-electron chi connectivity index (χ1n) is 5.95. The third kappa shape index (κ3) is 2.61. The number of carbonyl (C=O) groups excluding carboxylic acids is 1. The largest absolute Gasteiger partial charge is 0.465 e. The quantitative estimate of drug-likeness (QED) is 0.343. The van der Waals surface area contributed by atoms with Crippen molar-refractivity contribution in [1.82, 2.24) is 0 Å². The number of ether oxygens (including phenoxy) is 1. The number of hydrogen-bond acceptors (Lipinski definition) is 4. The lowest BCUT2D eigenvalue weighted by Crippen LogP contribution is -2.12. The zero-order valence-corrected chi connectivity index (χ0v) is 11.0. The van der Waals surface area contributed by atoms with E-state index in [-0.39, 0.29) is 5.84 Å². The molecule has 0 aromatic heterocycles. The van der Waals surface area contributed by atoms with E-state index < -0.39 is 5.97 Å². The molecule has 0 saturated carbocycles. The second-order valence-electron chi connectivity index (χ2n) is 4.29. The van der Waals surface area contributed by atoms with Crippen molar-refractivity contribution in [1.29, 1.82) is 5.41 Å².